The van der Waals surface area contributed by atoms with Crippen LogP contribution in [0.15, 0.2) is 39.7 Å². The first kappa shape index (κ1) is 10.9. The second-order valence-electron chi connectivity index (χ2n) is 4.47. The van der Waals surface area contributed by atoms with Crippen LogP contribution in [0.2, 0.25) is 0 Å². The third-order valence-electron chi connectivity index (χ3n) is 3.40. The second-order valence-corrected chi connectivity index (χ2v) is 4.47. The maximum atomic E-state index is 12.6. The van der Waals surface area contributed by atoms with Gasteiger partial charge in [0.05, 0.1) is 5.52 Å². The molecule has 0 aliphatic rings. The van der Waals surface area contributed by atoms with Crippen molar-refractivity contribution in [1.82, 2.24) is 25.2 Å². The minimum atomic E-state index is -0.175. The molecule has 1 N–H and O–H groups in total. The van der Waals surface area contributed by atoms with Gasteiger partial charge in [0.15, 0.2) is 5.58 Å². The van der Waals surface area contributed by atoms with E-state index < -0.39 is 0 Å². The lowest BCUT2D eigenvalue weighted by Crippen LogP contribution is -2.08. The van der Waals surface area contributed by atoms with Crippen LogP contribution in [0.4, 0.5) is 0 Å². The Kier molecular flexibility index (Phi) is 2.06. The van der Waals surface area contributed by atoms with Gasteiger partial charge >= 0.3 is 0 Å². The highest BCUT2D eigenvalue weighted by Gasteiger charge is 2.18. The van der Waals surface area contributed by atoms with Crippen molar-refractivity contribution in [2.75, 3.05) is 0 Å². The van der Waals surface area contributed by atoms with Crippen molar-refractivity contribution >= 4 is 22.0 Å². The number of nitrogens with one attached hydrogen (secondary N) is 1. The van der Waals surface area contributed by atoms with E-state index >= 15 is 0 Å². The van der Waals surface area contributed by atoms with Gasteiger partial charge in [0, 0.05) is 12.4 Å². The van der Waals surface area contributed by atoms with E-state index in [-0.39, 0.29) is 16.8 Å². The van der Waals surface area contributed by atoms with Crippen LogP contribution in [0.25, 0.3) is 33.4 Å². The second kappa shape index (κ2) is 3.77. The van der Waals surface area contributed by atoms with Gasteiger partial charge in [-0.1, -0.05) is 12.1 Å². The van der Waals surface area contributed by atoms with Gasteiger partial charge in [0.25, 0.3) is 0 Å². The summed E-state index contributed by atoms with van der Waals surface area (Å²) in [6.45, 7) is 0. The van der Waals surface area contributed by atoms with E-state index in [1.54, 1.807) is 0 Å². The first-order valence-electron chi connectivity index (χ1n) is 6.00. The average molecular weight is 267 g/mol. The summed E-state index contributed by atoms with van der Waals surface area (Å²) in [5.74, 6) is 0.228. The Labute approximate surface area is 111 Å². The summed E-state index contributed by atoms with van der Waals surface area (Å²) in [6.07, 6.45) is 1.38. The van der Waals surface area contributed by atoms with E-state index in [0.29, 0.717) is 11.1 Å². The smallest absolute Gasteiger partial charge is 0.220 e. The maximum absolute atomic E-state index is 12.6. The Morgan fingerprint density at radius 1 is 1.30 bits per heavy atom. The molecule has 3 aromatic heterocycles. The van der Waals surface area contributed by atoms with Crippen LogP contribution >= 0.6 is 0 Å². The highest BCUT2D eigenvalue weighted by Crippen LogP contribution is 2.27. The molecule has 4 aromatic rings. The van der Waals surface area contributed by atoms with Crippen LogP contribution in [0.3, 0.4) is 0 Å². The highest BCUT2D eigenvalue weighted by molar-refractivity contribution is 6.04. The number of tetrazole rings is 1. The lowest BCUT2D eigenvalue weighted by molar-refractivity contribution is 0.606. The van der Waals surface area contributed by atoms with Crippen molar-refractivity contribution in [2.45, 2.75) is 0 Å². The van der Waals surface area contributed by atoms with Crippen LogP contribution in [0.1, 0.15) is 0 Å². The summed E-state index contributed by atoms with van der Waals surface area (Å²) in [4.78, 5) is 12.6. The molecule has 3 heterocycles. The number of rotatable bonds is 1. The third kappa shape index (κ3) is 1.28. The van der Waals surface area contributed by atoms with Gasteiger partial charge in [-0.15, -0.1) is 10.2 Å². The van der Waals surface area contributed by atoms with Crippen LogP contribution in [-0.4, -0.2) is 25.2 Å². The quantitative estimate of drug-likeness (QED) is 0.564. The van der Waals surface area contributed by atoms with E-state index in [0.717, 1.165) is 10.9 Å². The number of hydrogen-bond acceptors (Lipinski definition) is 5. The van der Waals surface area contributed by atoms with E-state index in [4.69, 9.17) is 4.42 Å². The van der Waals surface area contributed by atoms with Gasteiger partial charge < -0.3 is 8.98 Å². The summed E-state index contributed by atoms with van der Waals surface area (Å²) in [7, 11) is 1.83. The molecule has 98 valence electrons. The molecule has 1 aromatic carbocycles. The molecule has 0 bridgehead atoms. The Balaban J connectivity index is 2.20. The van der Waals surface area contributed by atoms with Crippen molar-refractivity contribution in [3.8, 4) is 11.4 Å². The van der Waals surface area contributed by atoms with Crippen molar-refractivity contribution in [3.63, 3.8) is 0 Å². The summed E-state index contributed by atoms with van der Waals surface area (Å²) in [6, 6.07) is 7.70. The van der Waals surface area contributed by atoms with Crippen molar-refractivity contribution in [2.24, 2.45) is 7.05 Å². The SMILES string of the molecule is Cn1c2ccccc2c2occ(-c3nn[nH]n3)c(=O)c21. The Morgan fingerprint density at radius 3 is 2.95 bits per heavy atom. The van der Waals surface area contributed by atoms with Crippen LogP contribution in [0.5, 0.6) is 0 Å². The standard InChI is InChI=1S/C13H9N5O2/c1-18-9-5-3-2-4-7(9)12-10(18)11(19)8(6-20-12)13-14-16-17-15-13/h2-6H,1H3,(H,14,15,16,17). The molecule has 0 amide bonds. The predicted molar refractivity (Wildman–Crippen MR) is 72.1 cm³/mol. The monoisotopic (exact) mass is 267 g/mol. The summed E-state index contributed by atoms with van der Waals surface area (Å²) in [5, 5.41) is 14.3. The molecule has 0 saturated carbocycles. The Bertz CT molecular complexity index is 981. The van der Waals surface area contributed by atoms with Gasteiger partial charge in [-0.3, -0.25) is 4.79 Å². The van der Waals surface area contributed by atoms with Crippen molar-refractivity contribution in [3.05, 3.63) is 40.8 Å². The minimum Gasteiger partial charge on any atom is -0.461 e. The molecule has 0 atom stereocenters. The number of para-hydroxylation sites is 1. The fraction of sp³-hybridized carbons (Fsp3) is 0.0769. The number of hydrogen-bond donors (Lipinski definition) is 1. The van der Waals surface area contributed by atoms with E-state index in [1.807, 2.05) is 35.9 Å². The molecule has 0 radical (unpaired) electrons. The number of benzene rings is 1. The number of nitrogens with zero attached hydrogens (tertiary/aromatic N) is 4. The molecule has 0 fully saturated rings. The topological polar surface area (TPSA) is 89.6 Å². The van der Waals surface area contributed by atoms with Crippen LogP contribution in [0, 0.1) is 0 Å². The Morgan fingerprint density at radius 2 is 2.15 bits per heavy atom. The first-order valence-corrected chi connectivity index (χ1v) is 6.00. The fourth-order valence-electron chi connectivity index (χ4n) is 2.46. The number of fused-ring (bicyclic) bond motifs is 3. The normalized spacial score (nSPS) is 11.4. The number of aromatic nitrogens is 5. The van der Waals surface area contributed by atoms with Crippen LogP contribution < -0.4 is 5.43 Å². The summed E-state index contributed by atoms with van der Waals surface area (Å²) >= 11 is 0. The van der Waals surface area contributed by atoms with Crippen LogP contribution in [-0.2, 0) is 7.05 Å². The van der Waals surface area contributed by atoms with Gasteiger partial charge in [0.2, 0.25) is 11.3 Å². The highest BCUT2D eigenvalue weighted by atomic mass is 16.3. The van der Waals surface area contributed by atoms with Gasteiger partial charge in [-0.25, -0.2) is 0 Å². The molecular weight excluding hydrogens is 258 g/mol. The van der Waals surface area contributed by atoms with E-state index in [9.17, 15) is 4.79 Å². The van der Waals surface area contributed by atoms with E-state index in [2.05, 4.69) is 20.6 Å². The fourth-order valence-corrected chi connectivity index (χ4v) is 2.46. The summed E-state index contributed by atoms with van der Waals surface area (Å²) in [5.41, 5.74) is 2.12. The summed E-state index contributed by atoms with van der Waals surface area (Å²) < 4.78 is 7.46. The largest absolute Gasteiger partial charge is 0.461 e. The molecule has 7 nitrogen and oxygen atoms in total. The molecule has 4 rings (SSSR count). The molecular formula is C13H9N5O2. The van der Waals surface area contributed by atoms with Gasteiger partial charge in [-0.05, 0) is 17.3 Å². The predicted octanol–water partition coefficient (Wildman–Crippen LogP) is 1.46. The first-order chi connectivity index (χ1) is 9.77. The van der Waals surface area contributed by atoms with Gasteiger partial charge in [0.1, 0.15) is 17.3 Å². The lowest BCUT2D eigenvalue weighted by atomic mass is 10.2. The number of aryl methyl sites for hydroxylation is 1. The average Bonchev–Trinajstić information content (AvgIpc) is 3.08. The minimum absolute atomic E-state index is 0.175. The van der Waals surface area contributed by atoms with Gasteiger partial charge in [-0.2, -0.15) is 5.21 Å². The van der Waals surface area contributed by atoms with Crippen molar-refractivity contribution < 1.29 is 4.42 Å². The zero-order valence-electron chi connectivity index (χ0n) is 10.5. The lowest BCUT2D eigenvalue weighted by Gasteiger charge is -1.97. The molecule has 20 heavy (non-hydrogen) atoms. The Hall–Kier alpha value is -2.96. The third-order valence-corrected chi connectivity index (χ3v) is 3.40. The molecule has 7 heteroatoms. The molecule has 0 aliphatic heterocycles. The maximum Gasteiger partial charge on any atom is 0.220 e. The van der Waals surface area contributed by atoms with Crippen molar-refractivity contribution in [1.29, 1.82) is 0 Å². The molecule has 0 aliphatic carbocycles. The number of aromatic amines is 1. The molecule has 0 spiro atoms. The zero-order chi connectivity index (χ0) is 13.7. The number of H-pyrrole nitrogens is 1. The molecule has 0 saturated heterocycles. The van der Waals surface area contributed by atoms with E-state index in [1.165, 1.54) is 6.26 Å². The zero-order valence-corrected chi connectivity index (χ0v) is 10.5. The molecule has 0 unspecified atom stereocenters.